The van der Waals surface area contributed by atoms with Gasteiger partial charge in [0.05, 0.1) is 12.5 Å². The Balaban J connectivity index is 2.42. The van der Waals surface area contributed by atoms with Gasteiger partial charge in [0.25, 0.3) is 0 Å². The predicted octanol–water partition coefficient (Wildman–Crippen LogP) is 3.17. The Kier molecular flexibility index (Phi) is 4.17. The number of para-hydroxylation sites is 1. The average Bonchev–Trinajstić information content (AvgIpc) is 2.41. The second-order valence-corrected chi connectivity index (χ2v) is 5.29. The predicted molar refractivity (Wildman–Crippen MR) is 82.8 cm³/mol. The van der Waals surface area contributed by atoms with Crippen molar-refractivity contribution < 1.29 is 4.79 Å². The SMILES string of the molecule is N#CCc1cccc(C(=O)c2ccc(I)cc2)c1N. The molecule has 0 aliphatic heterocycles. The van der Waals surface area contributed by atoms with E-state index in [-0.39, 0.29) is 12.2 Å². The first-order valence-corrected chi connectivity index (χ1v) is 6.76. The molecule has 2 N–H and O–H groups in total. The number of rotatable bonds is 3. The van der Waals surface area contributed by atoms with E-state index in [1.807, 2.05) is 18.2 Å². The lowest BCUT2D eigenvalue weighted by Crippen LogP contribution is -2.07. The van der Waals surface area contributed by atoms with Crippen LogP contribution in [0.4, 0.5) is 5.69 Å². The van der Waals surface area contributed by atoms with Gasteiger partial charge in [-0.3, -0.25) is 4.79 Å². The van der Waals surface area contributed by atoms with Crippen LogP contribution in [0.15, 0.2) is 42.5 Å². The maximum Gasteiger partial charge on any atom is 0.195 e. The largest absolute Gasteiger partial charge is 0.398 e. The first kappa shape index (κ1) is 13.6. The van der Waals surface area contributed by atoms with Crippen molar-refractivity contribution in [3.8, 4) is 6.07 Å². The van der Waals surface area contributed by atoms with Crippen LogP contribution in [0.5, 0.6) is 0 Å². The van der Waals surface area contributed by atoms with Crippen molar-refractivity contribution in [1.82, 2.24) is 0 Å². The van der Waals surface area contributed by atoms with E-state index in [1.165, 1.54) is 0 Å². The third-order valence-corrected chi connectivity index (χ3v) is 3.54. The molecule has 0 saturated carbocycles. The van der Waals surface area contributed by atoms with Gasteiger partial charge in [0.15, 0.2) is 5.78 Å². The number of anilines is 1. The first-order chi connectivity index (χ1) is 9.13. The Morgan fingerprint density at radius 3 is 2.53 bits per heavy atom. The van der Waals surface area contributed by atoms with Crippen LogP contribution in [0, 0.1) is 14.9 Å². The van der Waals surface area contributed by atoms with Gasteiger partial charge < -0.3 is 5.73 Å². The third-order valence-electron chi connectivity index (χ3n) is 2.82. The molecule has 0 saturated heterocycles. The molecule has 94 valence electrons. The molecule has 0 atom stereocenters. The monoisotopic (exact) mass is 362 g/mol. The molecular weight excluding hydrogens is 351 g/mol. The van der Waals surface area contributed by atoms with Crippen LogP contribution in [0.25, 0.3) is 0 Å². The maximum absolute atomic E-state index is 12.4. The van der Waals surface area contributed by atoms with E-state index in [0.717, 1.165) is 3.57 Å². The Labute approximate surface area is 125 Å². The zero-order valence-electron chi connectivity index (χ0n) is 10.1. The molecule has 0 aliphatic rings. The number of hydrogen-bond acceptors (Lipinski definition) is 3. The summed E-state index contributed by atoms with van der Waals surface area (Å²) >= 11 is 2.19. The fourth-order valence-electron chi connectivity index (χ4n) is 1.81. The van der Waals surface area contributed by atoms with Crippen LogP contribution >= 0.6 is 22.6 Å². The van der Waals surface area contributed by atoms with Gasteiger partial charge in [-0.25, -0.2) is 0 Å². The van der Waals surface area contributed by atoms with Crippen LogP contribution in [0.2, 0.25) is 0 Å². The normalized spacial score (nSPS) is 9.89. The fraction of sp³-hybridized carbons (Fsp3) is 0.0667. The molecular formula is C15H11IN2O. The molecule has 19 heavy (non-hydrogen) atoms. The molecule has 4 heteroatoms. The Hall–Kier alpha value is -1.87. The van der Waals surface area contributed by atoms with Crippen molar-refractivity contribution >= 4 is 34.1 Å². The third kappa shape index (κ3) is 2.93. The summed E-state index contributed by atoms with van der Waals surface area (Å²) in [6, 6.07) is 14.6. The van der Waals surface area contributed by atoms with Gasteiger partial charge in [-0.05, 0) is 58.5 Å². The smallest absolute Gasteiger partial charge is 0.195 e. The van der Waals surface area contributed by atoms with Gasteiger partial charge in [-0.2, -0.15) is 5.26 Å². The molecule has 2 aromatic carbocycles. The number of benzene rings is 2. The Bertz CT molecular complexity index is 657. The standard InChI is InChI=1S/C15H11IN2O/c16-12-6-4-11(5-7-12)15(19)13-3-1-2-10(8-9-17)14(13)18/h1-7H,8,18H2. The van der Waals surface area contributed by atoms with Gasteiger partial charge in [-0.15, -0.1) is 0 Å². The number of carbonyl (C=O) groups is 1. The molecule has 0 unspecified atom stereocenters. The van der Waals surface area contributed by atoms with Crippen molar-refractivity contribution in [3.63, 3.8) is 0 Å². The van der Waals surface area contributed by atoms with Crippen molar-refractivity contribution in [2.45, 2.75) is 6.42 Å². The van der Waals surface area contributed by atoms with E-state index in [1.54, 1.807) is 30.3 Å². The number of nitriles is 1. The summed E-state index contributed by atoms with van der Waals surface area (Å²) in [6.45, 7) is 0. The summed E-state index contributed by atoms with van der Waals surface area (Å²) in [4.78, 5) is 12.4. The molecule has 0 radical (unpaired) electrons. The van der Waals surface area contributed by atoms with Crippen molar-refractivity contribution in [1.29, 1.82) is 5.26 Å². The summed E-state index contributed by atoms with van der Waals surface area (Å²) in [5.74, 6) is -0.117. The number of nitrogens with zero attached hydrogens (tertiary/aromatic N) is 1. The highest BCUT2D eigenvalue weighted by Gasteiger charge is 2.14. The first-order valence-electron chi connectivity index (χ1n) is 5.68. The number of halogens is 1. The number of nitrogens with two attached hydrogens (primary N) is 1. The molecule has 0 fully saturated rings. The number of hydrogen-bond donors (Lipinski definition) is 1. The Morgan fingerprint density at radius 2 is 1.89 bits per heavy atom. The van der Waals surface area contributed by atoms with Crippen molar-refractivity contribution in [2.75, 3.05) is 5.73 Å². The zero-order valence-corrected chi connectivity index (χ0v) is 12.2. The van der Waals surface area contributed by atoms with E-state index in [9.17, 15) is 4.79 Å². The fourth-order valence-corrected chi connectivity index (χ4v) is 2.17. The molecule has 0 heterocycles. The van der Waals surface area contributed by atoms with Crippen LogP contribution < -0.4 is 5.73 Å². The van der Waals surface area contributed by atoms with Crippen molar-refractivity contribution in [2.24, 2.45) is 0 Å². The molecule has 0 spiro atoms. The highest BCUT2D eigenvalue weighted by Crippen LogP contribution is 2.21. The number of carbonyl (C=O) groups excluding carboxylic acids is 1. The van der Waals surface area contributed by atoms with E-state index in [2.05, 4.69) is 22.6 Å². The molecule has 0 amide bonds. The zero-order chi connectivity index (χ0) is 13.8. The van der Waals surface area contributed by atoms with Crippen molar-refractivity contribution in [3.05, 3.63) is 62.7 Å². The molecule has 2 aromatic rings. The summed E-state index contributed by atoms with van der Waals surface area (Å²) in [5, 5.41) is 8.73. The number of nitrogen functional groups attached to an aromatic ring is 1. The lowest BCUT2D eigenvalue weighted by molar-refractivity contribution is 0.103. The van der Waals surface area contributed by atoms with Gasteiger partial charge in [0.1, 0.15) is 0 Å². The second kappa shape index (κ2) is 5.85. The van der Waals surface area contributed by atoms with E-state index >= 15 is 0 Å². The molecule has 2 rings (SSSR count). The minimum absolute atomic E-state index is 0.117. The van der Waals surface area contributed by atoms with E-state index < -0.39 is 0 Å². The minimum Gasteiger partial charge on any atom is -0.398 e. The molecule has 3 nitrogen and oxygen atoms in total. The van der Waals surface area contributed by atoms with Crippen LogP contribution in [-0.4, -0.2) is 5.78 Å². The quantitative estimate of drug-likeness (QED) is 0.518. The summed E-state index contributed by atoms with van der Waals surface area (Å²) in [5.41, 5.74) is 8.10. The van der Waals surface area contributed by atoms with Gasteiger partial charge in [0, 0.05) is 20.4 Å². The van der Waals surface area contributed by atoms with Crippen LogP contribution in [0.1, 0.15) is 21.5 Å². The average molecular weight is 362 g/mol. The number of ketones is 1. The molecule has 0 bridgehead atoms. The van der Waals surface area contributed by atoms with E-state index in [4.69, 9.17) is 11.0 Å². The van der Waals surface area contributed by atoms with Crippen LogP contribution in [0.3, 0.4) is 0 Å². The highest BCUT2D eigenvalue weighted by molar-refractivity contribution is 14.1. The Morgan fingerprint density at radius 1 is 1.21 bits per heavy atom. The summed E-state index contributed by atoms with van der Waals surface area (Å²) in [6.07, 6.45) is 0.208. The maximum atomic E-state index is 12.4. The lowest BCUT2D eigenvalue weighted by Gasteiger charge is -2.08. The van der Waals surface area contributed by atoms with Gasteiger partial charge in [0.2, 0.25) is 0 Å². The molecule has 0 aromatic heterocycles. The van der Waals surface area contributed by atoms with Gasteiger partial charge >= 0.3 is 0 Å². The summed E-state index contributed by atoms with van der Waals surface area (Å²) < 4.78 is 1.07. The summed E-state index contributed by atoms with van der Waals surface area (Å²) in [7, 11) is 0. The molecule has 0 aliphatic carbocycles. The van der Waals surface area contributed by atoms with Crippen LogP contribution in [-0.2, 0) is 6.42 Å². The highest BCUT2D eigenvalue weighted by atomic mass is 127. The van der Waals surface area contributed by atoms with E-state index in [0.29, 0.717) is 22.4 Å². The lowest BCUT2D eigenvalue weighted by atomic mass is 9.98. The minimum atomic E-state index is -0.117. The topological polar surface area (TPSA) is 66.9 Å². The second-order valence-electron chi connectivity index (χ2n) is 4.05. The van der Waals surface area contributed by atoms with Gasteiger partial charge in [-0.1, -0.05) is 12.1 Å².